The fraction of sp³-hybridized carbons (Fsp3) is 0.250. The predicted molar refractivity (Wildman–Crippen MR) is 106 cm³/mol. The van der Waals surface area contributed by atoms with Gasteiger partial charge in [0.1, 0.15) is 12.2 Å². The molecule has 13 heteroatoms. The zero-order valence-corrected chi connectivity index (χ0v) is 18.4. The lowest BCUT2D eigenvalue weighted by atomic mass is 10.3. The molecule has 1 aliphatic rings. The van der Waals surface area contributed by atoms with Crippen LogP contribution in [0.2, 0.25) is 10.0 Å². The van der Waals surface area contributed by atoms with Crippen LogP contribution in [0.1, 0.15) is 0 Å². The van der Waals surface area contributed by atoms with Gasteiger partial charge >= 0.3 is 0 Å². The summed E-state index contributed by atoms with van der Waals surface area (Å²) in [6, 6.07) is 10.0. The van der Waals surface area contributed by atoms with Crippen LogP contribution in [0.15, 0.2) is 58.3 Å². The minimum atomic E-state index is -4.38. The summed E-state index contributed by atoms with van der Waals surface area (Å²) in [7, 11) is -12.6. The highest BCUT2D eigenvalue weighted by atomic mass is 35.5. The maximum atomic E-state index is 12.4. The van der Waals surface area contributed by atoms with E-state index in [1.807, 2.05) is 0 Å². The van der Waals surface area contributed by atoms with Crippen molar-refractivity contribution in [2.75, 3.05) is 11.5 Å². The maximum Gasteiger partial charge on any atom is 0.297 e. The first kappa shape index (κ1) is 22.5. The zero-order valence-electron chi connectivity index (χ0n) is 14.4. The van der Waals surface area contributed by atoms with E-state index < -0.39 is 53.8 Å². The molecule has 0 spiro atoms. The van der Waals surface area contributed by atoms with Crippen LogP contribution in [0.5, 0.6) is 0 Å². The molecule has 1 heterocycles. The molecular formula is C16H14Cl2O8S3. The van der Waals surface area contributed by atoms with Gasteiger partial charge in [-0.25, -0.2) is 8.42 Å². The van der Waals surface area contributed by atoms with Gasteiger partial charge in [-0.2, -0.15) is 16.8 Å². The summed E-state index contributed by atoms with van der Waals surface area (Å²) in [5.74, 6) is -1.42. The lowest BCUT2D eigenvalue weighted by Gasteiger charge is -2.18. The van der Waals surface area contributed by atoms with Crippen molar-refractivity contribution in [1.29, 1.82) is 0 Å². The second-order valence-corrected chi connectivity index (χ2v) is 12.3. The number of benzene rings is 2. The van der Waals surface area contributed by atoms with Gasteiger partial charge in [-0.15, -0.1) is 0 Å². The average molecular weight is 501 g/mol. The Bertz CT molecular complexity index is 1110. The molecule has 0 radical (unpaired) electrons. The van der Waals surface area contributed by atoms with Crippen molar-refractivity contribution in [3.63, 3.8) is 0 Å². The molecule has 0 N–H and O–H groups in total. The lowest BCUT2D eigenvalue weighted by molar-refractivity contribution is 0.101. The first-order chi connectivity index (χ1) is 13.4. The summed E-state index contributed by atoms with van der Waals surface area (Å²) < 4.78 is 83.8. The molecule has 2 aromatic rings. The van der Waals surface area contributed by atoms with Crippen LogP contribution in [0.25, 0.3) is 0 Å². The zero-order chi connectivity index (χ0) is 21.4. The van der Waals surface area contributed by atoms with Crippen molar-refractivity contribution < 1.29 is 33.6 Å². The van der Waals surface area contributed by atoms with E-state index >= 15 is 0 Å². The van der Waals surface area contributed by atoms with E-state index in [2.05, 4.69) is 0 Å². The first-order valence-electron chi connectivity index (χ1n) is 7.96. The summed E-state index contributed by atoms with van der Waals surface area (Å²) in [6.45, 7) is 0. The fourth-order valence-electron chi connectivity index (χ4n) is 2.60. The van der Waals surface area contributed by atoms with Crippen LogP contribution in [0, 0.1) is 0 Å². The number of halogens is 2. The third-order valence-corrected chi connectivity index (χ3v) is 8.83. The van der Waals surface area contributed by atoms with Gasteiger partial charge in [0.25, 0.3) is 20.2 Å². The highest BCUT2D eigenvalue weighted by Gasteiger charge is 2.44. The largest absolute Gasteiger partial charge is 0.297 e. The van der Waals surface area contributed by atoms with E-state index in [9.17, 15) is 25.3 Å². The van der Waals surface area contributed by atoms with E-state index in [-0.39, 0.29) is 9.79 Å². The smallest absolute Gasteiger partial charge is 0.259 e. The molecule has 29 heavy (non-hydrogen) atoms. The highest BCUT2D eigenvalue weighted by molar-refractivity contribution is 7.92. The number of rotatable bonds is 6. The van der Waals surface area contributed by atoms with Crippen LogP contribution < -0.4 is 0 Å². The Hall–Kier alpha value is -1.21. The fourth-order valence-corrected chi connectivity index (χ4v) is 6.92. The Morgan fingerprint density at radius 3 is 1.31 bits per heavy atom. The molecule has 0 aliphatic carbocycles. The quantitative estimate of drug-likeness (QED) is 0.553. The first-order valence-corrected chi connectivity index (χ1v) is 13.4. The topological polar surface area (TPSA) is 121 Å². The average Bonchev–Trinajstić information content (AvgIpc) is 2.87. The monoisotopic (exact) mass is 500 g/mol. The van der Waals surface area contributed by atoms with E-state index in [1.165, 1.54) is 48.5 Å². The van der Waals surface area contributed by atoms with Crippen LogP contribution in [0.3, 0.4) is 0 Å². The van der Waals surface area contributed by atoms with Gasteiger partial charge < -0.3 is 0 Å². The molecule has 0 unspecified atom stereocenters. The summed E-state index contributed by atoms with van der Waals surface area (Å²) in [5.41, 5.74) is 0. The molecule has 0 saturated carbocycles. The minimum Gasteiger partial charge on any atom is -0.259 e. The summed E-state index contributed by atoms with van der Waals surface area (Å²) in [4.78, 5) is -0.518. The molecule has 2 atom stereocenters. The Morgan fingerprint density at radius 2 is 1.00 bits per heavy atom. The molecule has 0 aromatic heterocycles. The van der Waals surface area contributed by atoms with Gasteiger partial charge in [0.05, 0.1) is 21.3 Å². The summed E-state index contributed by atoms with van der Waals surface area (Å²) in [5, 5.41) is 0.588. The summed E-state index contributed by atoms with van der Waals surface area (Å²) >= 11 is 11.4. The molecule has 1 fully saturated rings. The third-order valence-electron chi connectivity index (χ3n) is 3.96. The predicted octanol–water partition coefficient (Wildman–Crippen LogP) is 2.27. The highest BCUT2D eigenvalue weighted by Crippen LogP contribution is 2.27. The van der Waals surface area contributed by atoms with Crippen molar-refractivity contribution in [2.45, 2.75) is 22.0 Å². The van der Waals surface area contributed by atoms with E-state index in [1.54, 1.807) is 0 Å². The molecule has 158 valence electrons. The standard InChI is InChI=1S/C16H14Cl2O8S3/c17-11-1-5-13(6-2-11)28(21,22)25-15-9-27(19,20)10-16(15)26-29(23,24)14-7-3-12(18)4-8-14/h1-8,15-16H,9-10H2/t15-,16-/m1/s1. The van der Waals surface area contributed by atoms with Crippen molar-refractivity contribution in [1.82, 2.24) is 0 Å². The van der Waals surface area contributed by atoms with Crippen LogP contribution >= 0.6 is 23.2 Å². The Morgan fingerprint density at radius 1 is 0.690 bits per heavy atom. The molecular weight excluding hydrogens is 487 g/mol. The Balaban J connectivity index is 1.85. The lowest BCUT2D eigenvalue weighted by Crippen LogP contribution is -2.34. The Labute approximate surface area is 178 Å². The summed E-state index contributed by atoms with van der Waals surface area (Å²) in [6.07, 6.45) is -3.08. The molecule has 1 saturated heterocycles. The van der Waals surface area contributed by atoms with Gasteiger partial charge in [0.15, 0.2) is 9.84 Å². The number of hydrogen-bond donors (Lipinski definition) is 0. The maximum absolute atomic E-state index is 12.4. The van der Waals surface area contributed by atoms with Gasteiger partial charge in [0, 0.05) is 10.0 Å². The van der Waals surface area contributed by atoms with Crippen LogP contribution in [0.4, 0.5) is 0 Å². The Kier molecular flexibility index (Phi) is 6.31. The number of sulfone groups is 1. The van der Waals surface area contributed by atoms with Crippen molar-refractivity contribution in [3.8, 4) is 0 Å². The van der Waals surface area contributed by atoms with Crippen LogP contribution in [-0.4, -0.2) is 49.0 Å². The van der Waals surface area contributed by atoms with Crippen molar-refractivity contribution in [2.24, 2.45) is 0 Å². The molecule has 0 amide bonds. The van der Waals surface area contributed by atoms with Gasteiger partial charge in [-0.05, 0) is 48.5 Å². The normalized spacial score (nSPS) is 21.9. The van der Waals surface area contributed by atoms with Gasteiger partial charge in [0.2, 0.25) is 0 Å². The van der Waals surface area contributed by atoms with E-state index in [4.69, 9.17) is 31.6 Å². The van der Waals surface area contributed by atoms with E-state index in [0.29, 0.717) is 10.0 Å². The van der Waals surface area contributed by atoms with Gasteiger partial charge in [-0.3, -0.25) is 8.37 Å². The molecule has 0 bridgehead atoms. The molecule has 2 aromatic carbocycles. The minimum absolute atomic E-state index is 0.259. The van der Waals surface area contributed by atoms with E-state index in [0.717, 1.165) is 0 Å². The van der Waals surface area contributed by atoms with Gasteiger partial charge in [-0.1, -0.05) is 23.2 Å². The third kappa shape index (κ3) is 5.48. The number of hydrogen-bond acceptors (Lipinski definition) is 8. The second kappa shape index (κ2) is 8.14. The van der Waals surface area contributed by atoms with Crippen molar-refractivity contribution >= 4 is 53.3 Å². The van der Waals surface area contributed by atoms with Crippen molar-refractivity contribution in [3.05, 3.63) is 58.6 Å². The second-order valence-electron chi connectivity index (χ2n) is 6.16. The SMILES string of the molecule is O=S1(=O)C[C@@H](OS(=O)(=O)c2ccc(Cl)cc2)[C@H](OS(=O)(=O)c2ccc(Cl)cc2)C1. The van der Waals surface area contributed by atoms with Crippen LogP contribution in [-0.2, 0) is 38.4 Å². The molecule has 1 aliphatic heterocycles. The molecule has 3 rings (SSSR count). The molecule has 8 nitrogen and oxygen atoms in total.